The van der Waals surface area contributed by atoms with Crippen LogP contribution < -0.4 is 10.6 Å². The maximum Gasteiger partial charge on any atom is 0.274 e. The fraction of sp³-hybridized carbons (Fsp3) is 0.182. The first-order chi connectivity index (χ1) is 13.3. The summed E-state index contributed by atoms with van der Waals surface area (Å²) in [7, 11) is 0. The predicted octanol–water partition coefficient (Wildman–Crippen LogP) is 4.64. The number of carbonyl (C=O) groups excluding carboxylic acids is 1. The van der Waals surface area contributed by atoms with Gasteiger partial charge in [0.15, 0.2) is 0 Å². The zero-order chi connectivity index (χ0) is 20.1. The Bertz CT molecular complexity index is 1030. The molecular weight excluding hydrogens is 350 g/mol. The first-order valence-electron chi connectivity index (χ1n) is 8.87. The van der Waals surface area contributed by atoms with Crippen molar-refractivity contribution in [3.63, 3.8) is 0 Å². The normalized spacial score (nSPS) is 10.8. The Balaban J connectivity index is 1.73. The van der Waals surface area contributed by atoms with Crippen LogP contribution >= 0.6 is 0 Å². The van der Waals surface area contributed by atoms with Crippen LogP contribution in [0.15, 0.2) is 60.8 Å². The predicted molar refractivity (Wildman–Crippen MR) is 110 cm³/mol. The van der Waals surface area contributed by atoms with Crippen molar-refractivity contribution in [1.82, 2.24) is 9.97 Å². The average Bonchev–Trinajstić information content (AvgIpc) is 2.68. The third-order valence-corrected chi connectivity index (χ3v) is 4.14. The van der Waals surface area contributed by atoms with E-state index in [1.165, 1.54) is 17.8 Å². The summed E-state index contributed by atoms with van der Waals surface area (Å²) in [6.45, 7) is 6.48. The molecule has 0 saturated carbocycles. The van der Waals surface area contributed by atoms with Crippen LogP contribution in [0.1, 0.15) is 42.4 Å². The number of hydrogen-bond acceptors (Lipinski definition) is 5. The summed E-state index contributed by atoms with van der Waals surface area (Å²) in [6.07, 6.45) is 1.53. The lowest BCUT2D eigenvalue weighted by Crippen LogP contribution is -2.15. The number of nitrogens with zero attached hydrogens (tertiary/aromatic N) is 3. The van der Waals surface area contributed by atoms with E-state index in [1.54, 1.807) is 24.3 Å². The lowest BCUT2D eigenvalue weighted by atomic mass is 9.87. The van der Waals surface area contributed by atoms with Crippen molar-refractivity contribution in [3.8, 4) is 6.07 Å². The molecule has 0 aliphatic carbocycles. The van der Waals surface area contributed by atoms with Gasteiger partial charge in [0.1, 0.15) is 5.69 Å². The molecule has 2 aromatic carbocycles. The number of carbonyl (C=O) groups is 1. The first kappa shape index (κ1) is 19.1. The topological polar surface area (TPSA) is 90.7 Å². The highest BCUT2D eigenvalue weighted by Crippen LogP contribution is 2.24. The summed E-state index contributed by atoms with van der Waals surface area (Å²) in [6, 6.07) is 18.3. The number of anilines is 3. The largest absolute Gasteiger partial charge is 0.324 e. The van der Waals surface area contributed by atoms with Crippen molar-refractivity contribution in [2.45, 2.75) is 26.2 Å². The second kappa shape index (κ2) is 7.89. The van der Waals surface area contributed by atoms with E-state index in [0.29, 0.717) is 17.2 Å². The number of nitrogens with one attached hydrogen (secondary N) is 2. The molecule has 6 heteroatoms. The lowest BCUT2D eigenvalue weighted by molar-refractivity contribution is 0.102. The molecule has 3 aromatic rings. The molecule has 0 fully saturated rings. The molecule has 3 rings (SSSR count). The molecule has 0 aliphatic rings. The van der Waals surface area contributed by atoms with Crippen LogP contribution in [0.5, 0.6) is 0 Å². The average molecular weight is 371 g/mol. The fourth-order valence-electron chi connectivity index (χ4n) is 2.59. The number of rotatable bonds is 4. The number of aromatic nitrogens is 2. The Labute approximate surface area is 164 Å². The molecule has 0 atom stereocenters. The van der Waals surface area contributed by atoms with Gasteiger partial charge in [0.25, 0.3) is 5.91 Å². The van der Waals surface area contributed by atoms with Gasteiger partial charge in [-0.25, -0.2) is 9.97 Å². The monoisotopic (exact) mass is 371 g/mol. The molecule has 0 bridgehead atoms. The number of hydrogen-bond donors (Lipinski definition) is 2. The van der Waals surface area contributed by atoms with E-state index in [1.807, 2.05) is 18.2 Å². The van der Waals surface area contributed by atoms with Gasteiger partial charge in [0.05, 0.1) is 11.6 Å². The molecule has 1 heterocycles. The lowest BCUT2D eigenvalue weighted by Gasteiger charge is -2.19. The van der Waals surface area contributed by atoms with Crippen molar-refractivity contribution in [1.29, 1.82) is 5.26 Å². The SMILES string of the molecule is CC(C)(C)c1ccc(Nc2nccc(C(=O)Nc3cccc(C#N)c3)n2)cc1. The third kappa shape index (κ3) is 4.71. The van der Waals surface area contributed by atoms with Crippen molar-refractivity contribution in [2.75, 3.05) is 10.6 Å². The number of benzene rings is 2. The van der Waals surface area contributed by atoms with E-state index in [9.17, 15) is 4.79 Å². The van der Waals surface area contributed by atoms with Gasteiger partial charge < -0.3 is 10.6 Å². The maximum atomic E-state index is 12.5. The second-order valence-corrected chi connectivity index (χ2v) is 7.36. The molecule has 0 unspecified atom stereocenters. The highest BCUT2D eigenvalue weighted by molar-refractivity contribution is 6.03. The minimum Gasteiger partial charge on any atom is -0.324 e. The van der Waals surface area contributed by atoms with Crippen molar-refractivity contribution >= 4 is 23.2 Å². The number of nitriles is 1. The van der Waals surface area contributed by atoms with Gasteiger partial charge in [-0.05, 0) is 47.4 Å². The molecule has 6 nitrogen and oxygen atoms in total. The van der Waals surface area contributed by atoms with E-state index < -0.39 is 0 Å². The number of amides is 1. The van der Waals surface area contributed by atoms with Gasteiger partial charge >= 0.3 is 0 Å². The second-order valence-electron chi connectivity index (χ2n) is 7.36. The summed E-state index contributed by atoms with van der Waals surface area (Å²) in [4.78, 5) is 20.9. The summed E-state index contributed by atoms with van der Waals surface area (Å²) in [5, 5.41) is 14.8. The highest BCUT2D eigenvalue weighted by atomic mass is 16.1. The van der Waals surface area contributed by atoms with Crippen LogP contribution in [-0.2, 0) is 5.41 Å². The molecule has 0 spiro atoms. The summed E-state index contributed by atoms with van der Waals surface area (Å²) in [5.41, 5.74) is 3.39. The van der Waals surface area contributed by atoms with Crippen LogP contribution in [-0.4, -0.2) is 15.9 Å². The van der Waals surface area contributed by atoms with Crippen LogP contribution in [0.4, 0.5) is 17.3 Å². The van der Waals surface area contributed by atoms with Gasteiger partial charge in [-0.15, -0.1) is 0 Å². The molecule has 1 amide bonds. The molecule has 0 aliphatic heterocycles. The minimum atomic E-state index is -0.372. The maximum absolute atomic E-state index is 12.5. The van der Waals surface area contributed by atoms with E-state index in [-0.39, 0.29) is 17.0 Å². The van der Waals surface area contributed by atoms with Crippen LogP contribution in [0.2, 0.25) is 0 Å². The summed E-state index contributed by atoms with van der Waals surface area (Å²) >= 11 is 0. The Morgan fingerprint density at radius 2 is 1.79 bits per heavy atom. The van der Waals surface area contributed by atoms with Crippen molar-refractivity contribution in [2.24, 2.45) is 0 Å². The van der Waals surface area contributed by atoms with Gasteiger partial charge in [0.2, 0.25) is 5.95 Å². The zero-order valence-electron chi connectivity index (χ0n) is 16.0. The Hall–Kier alpha value is -3.72. The first-order valence-corrected chi connectivity index (χ1v) is 8.87. The molecule has 28 heavy (non-hydrogen) atoms. The molecule has 0 radical (unpaired) electrons. The van der Waals surface area contributed by atoms with Gasteiger partial charge in [-0.3, -0.25) is 4.79 Å². The zero-order valence-corrected chi connectivity index (χ0v) is 16.0. The highest BCUT2D eigenvalue weighted by Gasteiger charge is 2.13. The van der Waals surface area contributed by atoms with E-state index in [2.05, 4.69) is 53.5 Å². The Morgan fingerprint density at radius 1 is 1.04 bits per heavy atom. The van der Waals surface area contributed by atoms with E-state index in [4.69, 9.17) is 5.26 Å². The van der Waals surface area contributed by atoms with Gasteiger partial charge in [-0.2, -0.15) is 5.26 Å². The molecule has 0 saturated heterocycles. The van der Waals surface area contributed by atoms with Crippen molar-refractivity contribution in [3.05, 3.63) is 77.6 Å². The van der Waals surface area contributed by atoms with Crippen molar-refractivity contribution < 1.29 is 4.79 Å². The quantitative estimate of drug-likeness (QED) is 0.697. The van der Waals surface area contributed by atoms with Gasteiger partial charge in [-0.1, -0.05) is 39.0 Å². The van der Waals surface area contributed by atoms with Gasteiger partial charge in [0, 0.05) is 17.6 Å². The Morgan fingerprint density at radius 3 is 2.46 bits per heavy atom. The van der Waals surface area contributed by atoms with E-state index in [0.717, 1.165) is 5.69 Å². The standard InChI is InChI=1S/C22H21N5O/c1-22(2,3)16-7-9-17(10-8-16)26-21-24-12-11-19(27-21)20(28)25-18-6-4-5-15(13-18)14-23/h4-13H,1-3H3,(H,25,28)(H,24,26,27). The molecular formula is C22H21N5O. The summed E-state index contributed by atoms with van der Waals surface area (Å²) in [5.74, 6) is -0.0365. The van der Waals surface area contributed by atoms with Crippen LogP contribution in [0.25, 0.3) is 0 Å². The van der Waals surface area contributed by atoms with E-state index >= 15 is 0 Å². The third-order valence-electron chi connectivity index (χ3n) is 4.14. The molecule has 1 aromatic heterocycles. The van der Waals surface area contributed by atoms with Crippen LogP contribution in [0.3, 0.4) is 0 Å². The fourth-order valence-corrected chi connectivity index (χ4v) is 2.59. The molecule has 140 valence electrons. The van der Waals surface area contributed by atoms with Crippen LogP contribution in [0, 0.1) is 11.3 Å². The minimum absolute atomic E-state index is 0.0793. The smallest absolute Gasteiger partial charge is 0.274 e. The molecule has 2 N–H and O–H groups in total. The Kier molecular flexibility index (Phi) is 5.37. The summed E-state index contributed by atoms with van der Waals surface area (Å²) < 4.78 is 0.